The summed E-state index contributed by atoms with van der Waals surface area (Å²) < 4.78 is 13.4. The van der Waals surface area contributed by atoms with Gasteiger partial charge < -0.3 is 10.0 Å². The Morgan fingerprint density at radius 1 is 1.15 bits per heavy atom. The Bertz CT molecular complexity index is 578. The van der Waals surface area contributed by atoms with Gasteiger partial charge in [0, 0.05) is 23.5 Å². The maximum Gasteiger partial charge on any atom is 0.123 e. The number of aliphatic hydroxyl groups is 1. The minimum Gasteiger partial charge on any atom is -0.389 e. The fraction of sp³-hybridized carbons (Fsp3) is 0.294. The van der Waals surface area contributed by atoms with Gasteiger partial charge in [-0.2, -0.15) is 0 Å². The molecule has 0 saturated carbocycles. The van der Waals surface area contributed by atoms with Crippen LogP contribution < -0.4 is 4.90 Å². The molecule has 106 valence electrons. The Labute approximate surface area is 119 Å². The highest BCUT2D eigenvalue weighted by Crippen LogP contribution is 2.32. The van der Waals surface area contributed by atoms with E-state index in [1.807, 2.05) is 38.1 Å². The normalized spacial score (nSPS) is 12.2. The van der Waals surface area contributed by atoms with Gasteiger partial charge in [-0.05, 0) is 51.1 Å². The second-order valence-corrected chi connectivity index (χ2v) is 4.96. The Balaban J connectivity index is 2.49. The summed E-state index contributed by atoms with van der Waals surface area (Å²) >= 11 is 0. The summed E-state index contributed by atoms with van der Waals surface area (Å²) in [5, 5.41) is 9.87. The molecule has 0 fully saturated rings. The SMILES string of the molecule is CCN(c1ccc(C)cc1)c1ccc(F)cc1[C@@H](C)O. The van der Waals surface area contributed by atoms with Crippen LogP contribution in [0.5, 0.6) is 0 Å². The van der Waals surface area contributed by atoms with Crippen molar-refractivity contribution in [2.75, 3.05) is 11.4 Å². The quantitative estimate of drug-likeness (QED) is 0.895. The molecule has 2 aromatic rings. The van der Waals surface area contributed by atoms with Crippen LogP contribution in [0.25, 0.3) is 0 Å². The van der Waals surface area contributed by atoms with Gasteiger partial charge in [-0.25, -0.2) is 4.39 Å². The molecule has 0 aliphatic heterocycles. The smallest absolute Gasteiger partial charge is 0.123 e. The van der Waals surface area contributed by atoms with Gasteiger partial charge in [0.05, 0.1) is 6.10 Å². The predicted molar refractivity (Wildman–Crippen MR) is 80.9 cm³/mol. The molecule has 0 aliphatic carbocycles. The van der Waals surface area contributed by atoms with Crippen LogP contribution in [-0.4, -0.2) is 11.7 Å². The van der Waals surface area contributed by atoms with Crippen LogP contribution >= 0.6 is 0 Å². The summed E-state index contributed by atoms with van der Waals surface area (Å²) in [4.78, 5) is 2.07. The first kappa shape index (κ1) is 14.5. The minimum atomic E-state index is -0.708. The van der Waals surface area contributed by atoms with Gasteiger partial charge in [0.2, 0.25) is 0 Å². The molecule has 2 rings (SSSR count). The molecule has 1 atom stereocenters. The van der Waals surface area contributed by atoms with Gasteiger partial charge >= 0.3 is 0 Å². The van der Waals surface area contributed by atoms with E-state index >= 15 is 0 Å². The lowest BCUT2D eigenvalue weighted by Crippen LogP contribution is -2.18. The van der Waals surface area contributed by atoms with Crippen LogP contribution in [0.3, 0.4) is 0 Å². The molecule has 0 amide bonds. The van der Waals surface area contributed by atoms with E-state index in [-0.39, 0.29) is 5.82 Å². The van der Waals surface area contributed by atoms with E-state index in [0.717, 1.165) is 17.9 Å². The van der Waals surface area contributed by atoms with Crippen LogP contribution in [0.4, 0.5) is 15.8 Å². The van der Waals surface area contributed by atoms with Gasteiger partial charge in [-0.3, -0.25) is 0 Å². The molecule has 3 heteroatoms. The number of halogens is 1. The van der Waals surface area contributed by atoms with E-state index in [2.05, 4.69) is 4.90 Å². The average Bonchev–Trinajstić information content (AvgIpc) is 2.43. The third-order valence-electron chi connectivity index (χ3n) is 3.39. The average molecular weight is 273 g/mol. The van der Waals surface area contributed by atoms with Gasteiger partial charge in [0.25, 0.3) is 0 Å². The molecule has 0 bridgehead atoms. The van der Waals surface area contributed by atoms with Gasteiger partial charge in [0.1, 0.15) is 5.82 Å². The van der Waals surface area contributed by atoms with E-state index in [9.17, 15) is 9.50 Å². The molecule has 2 aromatic carbocycles. The van der Waals surface area contributed by atoms with Crippen molar-refractivity contribution in [3.63, 3.8) is 0 Å². The maximum absolute atomic E-state index is 13.4. The first-order chi connectivity index (χ1) is 9.52. The fourth-order valence-corrected chi connectivity index (χ4v) is 2.32. The van der Waals surface area contributed by atoms with Gasteiger partial charge in [0.15, 0.2) is 0 Å². The topological polar surface area (TPSA) is 23.5 Å². The number of benzene rings is 2. The summed E-state index contributed by atoms with van der Waals surface area (Å²) in [6.07, 6.45) is -0.708. The molecule has 20 heavy (non-hydrogen) atoms. The van der Waals surface area contributed by atoms with E-state index in [1.165, 1.54) is 17.7 Å². The predicted octanol–water partition coefficient (Wildman–Crippen LogP) is 4.35. The molecule has 2 nitrogen and oxygen atoms in total. The zero-order valence-electron chi connectivity index (χ0n) is 12.1. The number of aryl methyl sites for hydroxylation is 1. The zero-order chi connectivity index (χ0) is 14.7. The number of hydrogen-bond acceptors (Lipinski definition) is 2. The van der Waals surface area contributed by atoms with Gasteiger partial charge in [-0.1, -0.05) is 17.7 Å². The molecule has 0 spiro atoms. The van der Waals surface area contributed by atoms with E-state index in [4.69, 9.17) is 0 Å². The zero-order valence-corrected chi connectivity index (χ0v) is 12.1. The monoisotopic (exact) mass is 273 g/mol. The number of nitrogens with zero attached hydrogens (tertiary/aromatic N) is 1. The van der Waals surface area contributed by atoms with E-state index in [0.29, 0.717) is 5.56 Å². The van der Waals surface area contributed by atoms with Crippen molar-refractivity contribution in [1.29, 1.82) is 0 Å². The summed E-state index contributed by atoms with van der Waals surface area (Å²) in [5.74, 6) is -0.329. The van der Waals surface area contributed by atoms with E-state index < -0.39 is 6.10 Å². The van der Waals surface area contributed by atoms with Gasteiger partial charge in [-0.15, -0.1) is 0 Å². The molecular formula is C17H20FNO. The van der Waals surface area contributed by atoms with E-state index in [1.54, 1.807) is 13.0 Å². The first-order valence-electron chi connectivity index (χ1n) is 6.84. The second-order valence-electron chi connectivity index (χ2n) is 4.96. The molecule has 0 unspecified atom stereocenters. The molecule has 0 radical (unpaired) electrons. The highest BCUT2D eigenvalue weighted by atomic mass is 19.1. The van der Waals surface area contributed by atoms with Crippen LogP contribution in [-0.2, 0) is 0 Å². The van der Waals surface area contributed by atoms with Crippen molar-refractivity contribution < 1.29 is 9.50 Å². The standard InChI is InChI=1S/C17H20FNO/c1-4-19(15-8-5-12(2)6-9-15)17-10-7-14(18)11-16(17)13(3)20/h5-11,13,20H,4H2,1-3H3/t13-/m1/s1. The maximum atomic E-state index is 13.4. The van der Waals surface area contributed by atoms with Crippen LogP contribution in [0.1, 0.15) is 31.1 Å². The van der Waals surface area contributed by atoms with Crippen LogP contribution in [0, 0.1) is 12.7 Å². The summed E-state index contributed by atoms with van der Waals surface area (Å²) in [6.45, 7) is 6.48. The molecule has 0 aliphatic rings. The fourth-order valence-electron chi connectivity index (χ4n) is 2.32. The molecule has 0 saturated heterocycles. The number of aliphatic hydroxyl groups excluding tert-OH is 1. The molecular weight excluding hydrogens is 253 g/mol. The first-order valence-corrected chi connectivity index (χ1v) is 6.84. The number of rotatable bonds is 4. The molecule has 1 N–H and O–H groups in total. The summed E-state index contributed by atoms with van der Waals surface area (Å²) in [6, 6.07) is 12.7. The van der Waals surface area contributed by atoms with Crippen molar-refractivity contribution in [3.8, 4) is 0 Å². The third-order valence-corrected chi connectivity index (χ3v) is 3.39. The van der Waals surface area contributed by atoms with Crippen molar-refractivity contribution in [3.05, 3.63) is 59.4 Å². The lowest BCUT2D eigenvalue weighted by atomic mass is 10.1. The Morgan fingerprint density at radius 2 is 1.80 bits per heavy atom. The van der Waals surface area contributed by atoms with Crippen molar-refractivity contribution in [2.24, 2.45) is 0 Å². The lowest BCUT2D eigenvalue weighted by Gasteiger charge is -2.27. The number of anilines is 2. The minimum absolute atomic E-state index is 0.329. The Morgan fingerprint density at radius 3 is 2.35 bits per heavy atom. The summed E-state index contributed by atoms with van der Waals surface area (Å²) in [5.41, 5.74) is 3.67. The highest BCUT2D eigenvalue weighted by Gasteiger charge is 2.15. The lowest BCUT2D eigenvalue weighted by molar-refractivity contribution is 0.199. The Hall–Kier alpha value is -1.87. The number of hydrogen-bond donors (Lipinski definition) is 1. The van der Waals surface area contributed by atoms with Crippen LogP contribution in [0.15, 0.2) is 42.5 Å². The highest BCUT2D eigenvalue weighted by molar-refractivity contribution is 5.67. The van der Waals surface area contributed by atoms with Crippen molar-refractivity contribution in [2.45, 2.75) is 26.9 Å². The largest absolute Gasteiger partial charge is 0.389 e. The Kier molecular flexibility index (Phi) is 4.40. The summed E-state index contributed by atoms with van der Waals surface area (Å²) in [7, 11) is 0. The second kappa shape index (κ2) is 6.06. The van der Waals surface area contributed by atoms with Crippen molar-refractivity contribution in [1.82, 2.24) is 0 Å². The van der Waals surface area contributed by atoms with Crippen LogP contribution in [0.2, 0.25) is 0 Å². The third kappa shape index (κ3) is 2.99. The van der Waals surface area contributed by atoms with Crippen molar-refractivity contribution >= 4 is 11.4 Å². The molecule has 0 heterocycles. The molecule has 0 aromatic heterocycles.